The molecule has 0 aromatic carbocycles. The average molecular weight is 278 g/mol. The monoisotopic (exact) mass is 278 g/mol. The Kier molecular flexibility index (Phi) is 4.27. The van der Waals surface area contributed by atoms with Crippen molar-refractivity contribution in [1.82, 2.24) is 30.1 Å². The zero-order valence-electron chi connectivity index (χ0n) is 11.8. The van der Waals surface area contributed by atoms with Crippen molar-refractivity contribution in [2.24, 2.45) is 0 Å². The van der Waals surface area contributed by atoms with E-state index < -0.39 is 0 Å². The Hall–Kier alpha value is -1.47. The molecule has 0 saturated carbocycles. The number of hydrogen-bond acceptors (Lipinski definition) is 5. The number of carbonyl (C=O) groups is 1. The van der Waals surface area contributed by atoms with E-state index in [0.717, 1.165) is 31.9 Å². The van der Waals surface area contributed by atoms with Crippen LogP contribution in [0.15, 0.2) is 6.20 Å². The summed E-state index contributed by atoms with van der Waals surface area (Å²) in [6, 6.07) is 0. The quantitative estimate of drug-likeness (QED) is 0.772. The molecule has 2 fully saturated rings. The van der Waals surface area contributed by atoms with E-state index in [-0.39, 0.29) is 5.91 Å². The number of carbonyl (C=O) groups excluding carboxylic acids is 1. The van der Waals surface area contributed by atoms with E-state index in [4.69, 9.17) is 0 Å². The first-order valence-corrected chi connectivity index (χ1v) is 7.40. The first-order valence-electron chi connectivity index (χ1n) is 7.40. The lowest BCUT2D eigenvalue weighted by Crippen LogP contribution is -2.47. The lowest BCUT2D eigenvalue weighted by Gasteiger charge is -2.25. The van der Waals surface area contributed by atoms with Gasteiger partial charge in [-0.2, -0.15) is 0 Å². The van der Waals surface area contributed by atoms with Gasteiger partial charge in [0.15, 0.2) is 0 Å². The van der Waals surface area contributed by atoms with Crippen LogP contribution >= 0.6 is 0 Å². The van der Waals surface area contributed by atoms with Crippen LogP contribution in [-0.4, -0.2) is 70.0 Å². The second-order valence-corrected chi connectivity index (χ2v) is 5.58. The molecule has 7 heteroatoms. The molecule has 0 spiro atoms. The summed E-state index contributed by atoms with van der Waals surface area (Å²) in [6.07, 6.45) is 4.64. The third-order valence-corrected chi connectivity index (χ3v) is 3.93. The van der Waals surface area contributed by atoms with Crippen LogP contribution in [0, 0.1) is 0 Å². The Balaban J connectivity index is 1.47. The number of likely N-dealkylation sites (tertiary alicyclic amines) is 1. The average Bonchev–Trinajstić information content (AvgIpc) is 3.07. The van der Waals surface area contributed by atoms with Gasteiger partial charge in [-0.05, 0) is 25.9 Å². The third kappa shape index (κ3) is 3.55. The van der Waals surface area contributed by atoms with E-state index >= 15 is 0 Å². The summed E-state index contributed by atoms with van der Waals surface area (Å²) in [5.41, 5.74) is 0.945. The number of nitrogens with zero attached hydrogens (tertiary/aromatic N) is 5. The van der Waals surface area contributed by atoms with Crippen LogP contribution in [0.4, 0.5) is 0 Å². The molecule has 110 valence electrons. The van der Waals surface area contributed by atoms with E-state index in [1.807, 2.05) is 10.9 Å². The maximum Gasteiger partial charge on any atom is 0.234 e. The Morgan fingerprint density at radius 2 is 2.00 bits per heavy atom. The molecule has 0 aliphatic carbocycles. The molecule has 1 amide bonds. The Morgan fingerprint density at radius 3 is 2.80 bits per heavy atom. The van der Waals surface area contributed by atoms with Gasteiger partial charge in [0.2, 0.25) is 5.91 Å². The molecule has 0 radical (unpaired) electrons. The minimum atomic E-state index is 0.0951. The van der Waals surface area contributed by atoms with Crippen LogP contribution in [0.3, 0.4) is 0 Å². The molecule has 0 atom stereocenters. The van der Waals surface area contributed by atoms with Crippen molar-refractivity contribution in [1.29, 1.82) is 0 Å². The summed E-state index contributed by atoms with van der Waals surface area (Å²) in [5, 5.41) is 11.2. The van der Waals surface area contributed by atoms with Gasteiger partial charge in [-0.15, -0.1) is 5.10 Å². The molecule has 1 aromatic rings. The van der Waals surface area contributed by atoms with Gasteiger partial charge in [-0.1, -0.05) is 5.21 Å². The van der Waals surface area contributed by atoms with Crippen LogP contribution in [0.1, 0.15) is 18.5 Å². The zero-order chi connectivity index (χ0) is 13.8. The van der Waals surface area contributed by atoms with Gasteiger partial charge in [0.25, 0.3) is 0 Å². The number of nitrogens with one attached hydrogen (secondary N) is 1. The van der Waals surface area contributed by atoms with E-state index in [1.54, 1.807) is 0 Å². The predicted octanol–water partition coefficient (Wildman–Crippen LogP) is -0.694. The maximum absolute atomic E-state index is 11.3. The molecule has 2 saturated heterocycles. The molecular weight excluding hydrogens is 256 g/mol. The van der Waals surface area contributed by atoms with Crippen LogP contribution in [0.2, 0.25) is 0 Å². The van der Waals surface area contributed by atoms with Gasteiger partial charge in [0.05, 0.1) is 18.8 Å². The topological polar surface area (TPSA) is 66.3 Å². The van der Waals surface area contributed by atoms with Crippen LogP contribution in [0.25, 0.3) is 0 Å². The van der Waals surface area contributed by atoms with E-state index in [2.05, 4.69) is 25.4 Å². The lowest BCUT2D eigenvalue weighted by atomic mass is 10.3. The van der Waals surface area contributed by atoms with Crippen molar-refractivity contribution < 1.29 is 4.79 Å². The molecule has 2 aliphatic rings. The largest absolute Gasteiger partial charge is 0.354 e. The molecule has 1 aromatic heterocycles. The van der Waals surface area contributed by atoms with Gasteiger partial charge in [-0.3, -0.25) is 14.4 Å². The predicted molar refractivity (Wildman–Crippen MR) is 74.0 cm³/mol. The molecule has 2 aliphatic heterocycles. The molecule has 3 rings (SSSR count). The summed E-state index contributed by atoms with van der Waals surface area (Å²) in [4.78, 5) is 15.9. The highest BCUT2D eigenvalue weighted by atomic mass is 16.2. The first-order chi connectivity index (χ1) is 9.79. The van der Waals surface area contributed by atoms with Crippen molar-refractivity contribution in [3.05, 3.63) is 11.9 Å². The molecule has 1 N–H and O–H groups in total. The number of rotatable bonds is 5. The summed E-state index contributed by atoms with van der Waals surface area (Å²) < 4.78 is 1.91. The first kappa shape index (κ1) is 13.5. The highest BCUT2D eigenvalue weighted by Crippen LogP contribution is 2.07. The smallest absolute Gasteiger partial charge is 0.234 e. The van der Waals surface area contributed by atoms with Crippen molar-refractivity contribution in [2.45, 2.75) is 25.9 Å². The molecule has 0 bridgehead atoms. The maximum atomic E-state index is 11.3. The van der Waals surface area contributed by atoms with Crippen molar-refractivity contribution >= 4 is 5.91 Å². The number of aromatic nitrogens is 3. The van der Waals surface area contributed by atoms with Gasteiger partial charge in [-0.25, -0.2) is 0 Å². The summed E-state index contributed by atoms with van der Waals surface area (Å²) in [6.45, 7) is 7.14. The summed E-state index contributed by atoms with van der Waals surface area (Å²) >= 11 is 0. The standard InChI is InChI=1S/C13H22N6O/c20-13-11-18(6-3-14-13)9-12-10-19(16-15-12)8-7-17-4-1-2-5-17/h10H,1-9,11H2,(H,14,20). The van der Waals surface area contributed by atoms with E-state index in [0.29, 0.717) is 13.1 Å². The van der Waals surface area contributed by atoms with Crippen molar-refractivity contribution in [3.8, 4) is 0 Å². The summed E-state index contributed by atoms with van der Waals surface area (Å²) in [7, 11) is 0. The molecule has 20 heavy (non-hydrogen) atoms. The second kappa shape index (κ2) is 6.32. The van der Waals surface area contributed by atoms with Gasteiger partial charge in [0.1, 0.15) is 0 Å². The SMILES string of the molecule is O=C1CN(Cc2cn(CCN3CCCC3)nn2)CCN1. The summed E-state index contributed by atoms with van der Waals surface area (Å²) in [5.74, 6) is 0.0951. The second-order valence-electron chi connectivity index (χ2n) is 5.58. The van der Waals surface area contributed by atoms with Crippen LogP contribution in [-0.2, 0) is 17.9 Å². The molecule has 0 unspecified atom stereocenters. The van der Waals surface area contributed by atoms with Gasteiger partial charge >= 0.3 is 0 Å². The third-order valence-electron chi connectivity index (χ3n) is 3.93. The lowest BCUT2D eigenvalue weighted by molar-refractivity contribution is -0.124. The highest BCUT2D eigenvalue weighted by molar-refractivity contribution is 5.78. The minimum absolute atomic E-state index is 0.0951. The highest BCUT2D eigenvalue weighted by Gasteiger charge is 2.17. The number of piperazine rings is 1. The number of amides is 1. The van der Waals surface area contributed by atoms with Crippen molar-refractivity contribution in [3.63, 3.8) is 0 Å². The fraction of sp³-hybridized carbons (Fsp3) is 0.769. The fourth-order valence-electron chi connectivity index (χ4n) is 2.83. The van der Waals surface area contributed by atoms with Gasteiger partial charge in [0, 0.05) is 32.4 Å². The Labute approximate surface area is 118 Å². The van der Waals surface area contributed by atoms with Crippen LogP contribution in [0.5, 0.6) is 0 Å². The number of hydrogen-bond donors (Lipinski definition) is 1. The molecular formula is C13H22N6O. The van der Waals surface area contributed by atoms with E-state index in [9.17, 15) is 4.79 Å². The normalized spacial score (nSPS) is 21.3. The zero-order valence-corrected chi connectivity index (χ0v) is 11.8. The Bertz CT molecular complexity index is 453. The molecule has 7 nitrogen and oxygen atoms in total. The molecule has 3 heterocycles. The Morgan fingerprint density at radius 1 is 1.15 bits per heavy atom. The van der Waals surface area contributed by atoms with Crippen LogP contribution < -0.4 is 5.32 Å². The minimum Gasteiger partial charge on any atom is -0.354 e. The van der Waals surface area contributed by atoms with E-state index in [1.165, 1.54) is 25.9 Å². The van der Waals surface area contributed by atoms with Gasteiger partial charge < -0.3 is 10.2 Å². The fourth-order valence-corrected chi connectivity index (χ4v) is 2.83. The van der Waals surface area contributed by atoms with Crippen molar-refractivity contribution in [2.75, 3.05) is 39.3 Å².